The molecular weight excluding hydrogens is 292 g/mol. The molecule has 110 valence electrons. The van der Waals surface area contributed by atoms with Crippen molar-refractivity contribution in [2.45, 2.75) is 6.92 Å². The van der Waals surface area contributed by atoms with Gasteiger partial charge in [0.25, 0.3) is 0 Å². The fourth-order valence-corrected chi connectivity index (χ4v) is 1.99. The largest absolute Gasteiger partial charge is 0.507 e. The third-order valence-corrected chi connectivity index (χ3v) is 2.91. The number of aromatic carboxylic acids is 1. The van der Waals surface area contributed by atoms with Crippen LogP contribution in [0.3, 0.4) is 0 Å². The Kier molecular flexibility index (Phi) is 4.75. The van der Waals surface area contributed by atoms with Crippen LogP contribution in [0, 0.1) is 0 Å². The summed E-state index contributed by atoms with van der Waals surface area (Å²) in [6.07, 6.45) is -1.16. The first-order valence-electron chi connectivity index (χ1n) is 5.28. The van der Waals surface area contributed by atoms with E-state index in [4.69, 9.17) is 5.11 Å². The Morgan fingerprint density at radius 1 is 1.35 bits per heavy atom. The van der Waals surface area contributed by atoms with Gasteiger partial charge in [0.05, 0.1) is 12.3 Å². The summed E-state index contributed by atoms with van der Waals surface area (Å²) in [6, 6.07) is 3.03. The lowest BCUT2D eigenvalue weighted by Crippen LogP contribution is -2.35. The molecule has 1 aromatic carbocycles. The van der Waals surface area contributed by atoms with Crippen molar-refractivity contribution in [1.82, 2.24) is 4.72 Å². The molecule has 0 atom stereocenters. The monoisotopic (exact) mass is 304 g/mol. The second kappa shape index (κ2) is 6.10. The van der Waals surface area contributed by atoms with Crippen LogP contribution in [-0.4, -0.2) is 37.3 Å². The number of carbonyl (C=O) groups is 2. The molecule has 0 heterocycles. The molecule has 1 rings (SSSR count). The highest BCUT2D eigenvalue weighted by Crippen LogP contribution is 2.22. The maximum Gasteiger partial charge on any atom is 0.422 e. The Labute approximate surface area is 114 Å². The van der Waals surface area contributed by atoms with Crippen LogP contribution >= 0.6 is 0 Å². The van der Waals surface area contributed by atoms with Gasteiger partial charge in [-0.15, -0.1) is 0 Å². The molecule has 20 heavy (non-hydrogen) atoms. The average molecular weight is 304 g/mol. The Bertz CT molecular complexity index is 626. The summed E-state index contributed by atoms with van der Waals surface area (Å²) in [5.41, 5.74) is -0.504. The number of phenols is 1. The Hall–Kier alpha value is -2.49. The average Bonchev–Trinajstić information content (AvgIpc) is 2.26. The Morgan fingerprint density at radius 3 is 2.50 bits per heavy atom. The lowest BCUT2D eigenvalue weighted by Gasteiger charge is -2.10. The van der Waals surface area contributed by atoms with E-state index in [-0.39, 0.29) is 17.9 Å². The molecule has 0 bridgehead atoms. The lowest BCUT2D eigenvalue weighted by molar-refractivity contribution is 0.0693. The molecular formula is C10H12N2O7S. The first kappa shape index (κ1) is 15.6. The van der Waals surface area contributed by atoms with Gasteiger partial charge in [0.15, 0.2) is 0 Å². The number of anilines is 1. The summed E-state index contributed by atoms with van der Waals surface area (Å²) in [5.74, 6) is -1.98. The molecule has 0 saturated carbocycles. The number of carboxylic acids is 1. The van der Waals surface area contributed by atoms with E-state index in [2.05, 4.69) is 4.74 Å². The van der Waals surface area contributed by atoms with E-state index >= 15 is 0 Å². The Balaban J connectivity index is 2.85. The smallest absolute Gasteiger partial charge is 0.422 e. The molecule has 0 radical (unpaired) electrons. The number of ether oxygens (including phenoxy) is 1. The van der Waals surface area contributed by atoms with E-state index in [9.17, 15) is 23.1 Å². The maximum atomic E-state index is 11.5. The molecule has 4 N–H and O–H groups in total. The molecule has 0 fully saturated rings. The first-order valence-corrected chi connectivity index (χ1v) is 6.77. The van der Waals surface area contributed by atoms with Crippen LogP contribution in [0.2, 0.25) is 0 Å². The van der Waals surface area contributed by atoms with Crippen LogP contribution in [0.15, 0.2) is 18.2 Å². The van der Waals surface area contributed by atoms with Gasteiger partial charge in [0, 0.05) is 6.07 Å². The van der Waals surface area contributed by atoms with Crippen LogP contribution in [0.1, 0.15) is 17.3 Å². The minimum atomic E-state index is -4.24. The molecule has 10 heteroatoms. The van der Waals surface area contributed by atoms with E-state index < -0.39 is 28.0 Å². The zero-order valence-corrected chi connectivity index (χ0v) is 11.1. The molecule has 9 nitrogen and oxygen atoms in total. The van der Waals surface area contributed by atoms with Crippen molar-refractivity contribution in [2.24, 2.45) is 0 Å². The van der Waals surface area contributed by atoms with Crippen molar-refractivity contribution in [2.75, 3.05) is 11.3 Å². The summed E-state index contributed by atoms with van der Waals surface area (Å²) in [7, 11) is -4.24. The molecule has 0 aliphatic carbocycles. The first-order chi connectivity index (χ1) is 9.25. The number of hydrogen-bond donors (Lipinski definition) is 4. The summed E-state index contributed by atoms with van der Waals surface area (Å²) < 4.78 is 30.9. The molecule has 1 aromatic rings. The summed E-state index contributed by atoms with van der Waals surface area (Å²) in [4.78, 5) is 21.6. The SMILES string of the molecule is CCOC(=O)NS(=O)(=O)Nc1ccc(C(=O)O)c(O)c1. The van der Waals surface area contributed by atoms with Gasteiger partial charge in [-0.25, -0.2) is 14.3 Å². The van der Waals surface area contributed by atoms with Crippen molar-refractivity contribution in [3.05, 3.63) is 23.8 Å². The van der Waals surface area contributed by atoms with Crippen LogP contribution in [-0.2, 0) is 14.9 Å². The number of carbonyl (C=O) groups excluding carboxylic acids is 1. The van der Waals surface area contributed by atoms with Crippen molar-refractivity contribution in [3.63, 3.8) is 0 Å². The van der Waals surface area contributed by atoms with E-state index in [0.29, 0.717) is 0 Å². The van der Waals surface area contributed by atoms with Crippen molar-refractivity contribution >= 4 is 28.0 Å². The zero-order valence-electron chi connectivity index (χ0n) is 10.3. The predicted octanol–water partition coefficient (Wildman–Crippen LogP) is 0.493. The van der Waals surface area contributed by atoms with Gasteiger partial charge in [-0.3, -0.25) is 4.72 Å². The summed E-state index contributed by atoms with van der Waals surface area (Å²) in [6.45, 7) is 1.50. The topological polar surface area (TPSA) is 142 Å². The number of carboxylic acid groups (broad SMARTS) is 1. The van der Waals surface area contributed by atoms with E-state index in [1.54, 1.807) is 4.72 Å². The number of benzene rings is 1. The minimum Gasteiger partial charge on any atom is -0.507 e. The third-order valence-electron chi connectivity index (χ3n) is 1.97. The molecule has 0 saturated heterocycles. The van der Waals surface area contributed by atoms with Gasteiger partial charge in [-0.1, -0.05) is 0 Å². The molecule has 1 amide bonds. The highest BCUT2D eigenvalue weighted by Gasteiger charge is 2.16. The standard InChI is InChI=1S/C10H12N2O7S/c1-2-19-10(16)12-20(17,18)11-6-3-4-7(9(14)15)8(13)5-6/h3-5,11,13H,2H2,1H3,(H,12,16)(H,14,15). The van der Waals surface area contributed by atoms with Gasteiger partial charge in [-0.2, -0.15) is 8.42 Å². The van der Waals surface area contributed by atoms with Crippen LogP contribution in [0.4, 0.5) is 10.5 Å². The summed E-state index contributed by atoms with van der Waals surface area (Å²) >= 11 is 0. The molecule has 0 aromatic heterocycles. The van der Waals surface area contributed by atoms with E-state index in [1.165, 1.54) is 6.92 Å². The zero-order chi connectivity index (χ0) is 15.3. The summed E-state index contributed by atoms with van der Waals surface area (Å²) in [5, 5.41) is 18.1. The second-order valence-corrected chi connectivity index (χ2v) is 4.88. The van der Waals surface area contributed by atoms with Crippen molar-refractivity contribution < 1.29 is 33.0 Å². The maximum absolute atomic E-state index is 11.5. The lowest BCUT2D eigenvalue weighted by atomic mass is 10.2. The van der Waals surface area contributed by atoms with Crippen molar-refractivity contribution in [1.29, 1.82) is 0 Å². The minimum absolute atomic E-state index is 0.00451. The highest BCUT2D eigenvalue weighted by atomic mass is 32.2. The molecule has 0 aliphatic heterocycles. The van der Waals surface area contributed by atoms with Gasteiger partial charge >= 0.3 is 22.3 Å². The normalized spacial score (nSPS) is 10.7. The number of amides is 1. The van der Waals surface area contributed by atoms with Crippen LogP contribution in [0.5, 0.6) is 5.75 Å². The number of hydrogen-bond acceptors (Lipinski definition) is 6. The van der Waals surface area contributed by atoms with Crippen LogP contribution in [0.25, 0.3) is 0 Å². The highest BCUT2D eigenvalue weighted by molar-refractivity contribution is 7.91. The van der Waals surface area contributed by atoms with E-state index in [1.807, 2.05) is 4.72 Å². The van der Waals surface area contributed by atoms with Crippen molar-refractivity contribution in [3.8, 4) is 5.75 Å². The molecule has 0 unspecified atom stereocenters. The fraction of sp³-hybridized carbons (Fsp3) is 0.200. The third kappa shape index (κ3) is 4.31. The number of rotatable bonds is 5. The van der Waals surface area contributed by atoms with Crippen LogP contribution < -0.4 is 9.44 Å². The molecule has 0 aliphatic rings. The predicted molar refractivity (Wildman–Crippen MR) is 67.8 cm³/mol. The van der Waals surface area contributed by atoms with Gasteiger partial charge < -0.3 is 14.9 Å². The fourth-order valence-electron chi connectivity index (χ4n) is 1.23. The molecule has 0 spiro atoms. The Morgan fingerprint density at radius 2 is 2.00 bits per heavy atom. The second-order valence-electron chi connectivity index (χ2n) is 3.47. The number of nitrogens with one attached hydrogen (secondary N) is 2. The van der Waals surface area contributed by atoms with Gasteiger partial charge in [0.2, 0.25) is 0 Å². The van der Waals surface area contributed by atoms with E-state index in [0.717, 1.165) is 18.2 Å². The van der Waals surface area contributed by atoms with Gasteiger partial charge in [-0.05, 0) is 19.1 Å². The van der Waals surface area contributed by atoms with Gasteiger partial charge in [0.1, 0.15) is 11.3 Å². The number of aromatic hydroxyl groups is 1. The quantitative estimate of drug-likeness (QED) is 0.620.